The van der Waals surface area contributed by atoms with Crippen molar-refractivity contribution in [2.24, 2.45) is 17.8 Å². The predicted molar refractivity (Wildman–Crippen MR) is 100 cm³/mol. The van der Waals surface area contributed by atoms with E-state index in [2.05, 4.69) is 13.2 Å². The van der Waals surface area contributed by atoms with Gasteiger partial charge in [-0.1, -0.05) is 18.7 Å². The van der Waals surface area contributed by atoms with Crippen LogP contribution >= 0.6 is 0 Å². The number of hydrogen-bond donors (Lipinski definition) is 4. The van der Waals surface area contributed by atoms with Crippen LogP contribution in [0.5, 0.6) is 0 Å². The van der Waals surface area contributed by atoms with E-state index in [4.69, 9.17) is 14.2 Å². The normalized spacial score (nSPS) is 50.1. The molecule has 162 valence electrons. The lowest BCUT2D eigenvalue weighted by Gasteiger charge is -2.46. The summed E-state index contributed by atoms with van der Waals surface area (Å²) in [5.41, 5.74) is 0.748. The minimum Gasteiger partial charge on any atom is -0.458 e. The molecule has 8 heteroatoms. The lowest BCUT2D eigenvalue weighted by molar-refractivity contribution is -0.332. The summed E-state index contributed by atoms with van der Waals surface area (Å²) in [5.74, 6) is -0.557. The zero-order valence-corrected chi connectivity index (χ0v) is 16.6. The number of ether oxygens (including phenoxy) is 3. The second kappa shape index (κ2) is 7.44. The standard InChI is InChI=1S/C21H30O8/c1-9-4-5-12-14(9)18-11(10(2)19(26)28-18)6-7-21(12,3)29-20-17(25)16(24)15(23)13(8-22)27-20/h11-18,20,22-25H,1-2,4-8H2,3H3. The van der Waals surface area contributed by atoms with Crippen LogP contribution in [0.3, 0.4) is 0 Å². The SMILES string of the molecule is C=C1C(=O)OC2C1CCC(C)(OC1OC(CO)C(O)C(O)C1O)C1CCC(=C)C21. The van der Waals surface area contributed by atoms with Crippen molar-refractivity contribution in [2.75, 3.05) is 6.61 Å². The fourth-order valence-corrected chi connectivity index (χ4v) is 5.62. The summed E-state index contributed by atoms with van der Waals surface area (Å²) in [4.78, 5) is 12.1. The molecule has 10 atom stereocenters. The first-order valence-corrected chi connectivity index (χ1v) is 10.2. The maximum absolute atomic E-state index is 12.1. The first-order chi connectivity index (χ1) is 13.7. The molecular formula is C21H30O8. The van der Waals surface area contributed by atoms with Crippen molar-refractivity contribution in [3.63, 3.8) is 0 Å². The Balaban J connectivity index is 1.61. The zero-order chi connectivity index (χ0) is 21.1. The first kappa shape index (κ1) is 21.0. The molecule has 4 aliphatic rings. The van der Waals surface area contributed by atoms with E-state index in [9.17, 15) is 25.2 Å². The van der Waals surface area contributed by atoms with Gasteiger partial charge < -0.3 is 34.6 Å². The van der Waals surface area contributed by atoms with Gasteiger partial charge in [-0.05, 0) is 38.5 Å². The molecule has 2 heterocycles. The molecule has 10 unspecified atom stereocenters. The Morgan fingerprint density at radius 2 is 1.90 bits per heavy atom. The third-order valence-corrected chi connectivity index (χ3v) is 7.35. The number of rotatable bonds is 3. The van der Waals surface area contributed by atoms with Gasteiger partial charge in [0.2, 0.25) is 0 Å². The third-order valence-electron chi connectivity index (χ3n) is 7.35. The topological polar surface area (TPSA) is 126 Å². The molecule has 2 aliphatic heterocycles. The molecule has 0 bridgehead atoms. The van der Waals surface area contributed by atoms with Crippen molar-refractivity contribution >= 4 is 5.97 Å². The highest BCUT2D eigenvalue weighted by Crippen LogP contribution is 2.55. The first-order valence-electron chi connectivity index (χ1n) is 10.2. The monoisotopic (exact) mass is 410 g/mol. The average Bonchev–Trinajstić information content (AvgIpc) is 3.17. The van der Waals surface area contributed by atoms with Gasteiger partial charge in [-0.15, -0.1) is 0 Å². The van der Waals surface area contributed by atoms with Crippen LogP contribution in [0.15, 0.2) is 24.3 Å². The number of fused-ring (bicyclic) bond motifs is 3. The van der Waals surface area contributed by atoms with Crippen molar-refractivity contribution in [1.29, 1.82) is 0 Å². The van der Waals surface area contributed by atoms with Crippen LogP contribution in [0.4, 0.5) is 0 Å². The fourth-order valence-electron chi connectivity index (χ4n) is 5.62. The van der Waals surface area contributed by atoms with Crippen LogP contribution in [0.2, 0.25) is 0 Å². The van der Waals surface area contributed by atoms with Gasteiger partial charge in [-0.25, -0.2) is 4.79 Å². The van der Waals surface area contributed by atoms with E-state index in [-0.39, 0.29) is 29.8 Å². The fraction of sp³-hybridized carbons (Fsp3) is 0.762. The smallest absolute Gasteiger partial charge is 0.334 e. The quantitative estimate of drug-likeness (QED) is 0.292. The van der Waals surface area contributed by atoms with Crippen LogP contribution in [0.1, 0.15) is 32.6 Å². The molecule has 4 rings (SSSR count). The van der Waals surface area contributed by atoms with Crippen LogP contribution in [-0.2, 0) is 19.0 Å². The second-order valence-electron chi connectivity index (χ2n) is 9.00. The van der Waals surface area contributed by atoms with Crippen molar-refractivity contribution in [1.82, 2.24) is 0 Å². The predicted octanol–water partition coefficient (Wildman–Crippen LogP) is 0.0356. The molecule has 0 radical (unpaired) electrons. The summed E-state index contributed by atoms with van der Waals surface area (Å²) in [7, 11) is 0. The van der Waals surface area contributed by atoms with Gasteiger partial charge in [0, 0.05) is 17.4 Å². The highest BCUT2D eigenvalue weighted by molar-refractivity contribution is 5.90. The van der Waals surface area contributed by atoms with Crippen LogP contribution in [0, 0.1) is 17.8 Å². The number of aliphatic hydroxyl groups is 4. The molecule has 4 fully saturated rings. The van der Waals surface area contributed by atoms with Gasteiger partial charge >= 0.3 is 5.97 Å². The lowest BCUT2D eigenvalue weighted by atomic mass is 9.77. The molecule has 0 aromatic rings. The highest BCUT2D eigenvalue weighted by atomic mass is 16.7. The molecule has 0 spiro atoms. The van der Waals surface area contributed by atoms with Crippen LogP contribution in [0.25, 0.3) is 0 Å². The van der Waals surface area contributed by atoms with E-state index in [1.165, 1.54) is 0 Å². The number of carbonyl (C=O) groups is 1. The van der Waals surface area contributed by atoms with Gasteiger partial charge in [0.15, 0.2) is 6.29 Å². The van der Waals surface area contributed by atoms with Crippen molar-refractivity contribution in [3.05, 3.63) is 24.3 Å². The maximum Gasteiger partial charge on any atom is 0.334 e. The van der Waals surface area contributed by atoms with E-state index in [0.29, 0.717) is 18.4 Å². The van der Waals surface area contributed by atoms with Gasteiger partial charge in [-0.3, -0.25) is 0 Å². The molecule has 0 amide bonds. The van der Waals surface area contributed by atoms with Gasteiger partial charge in [0.05, 0.1) is 12.2 Å². The molecule has 2 aliphatic carbocycles. The molecular weight excluding hydrogens is 380 g/mol. The van der Waals surface area contributed by atoms with Crippen LogP contribution in [-0.4, -0.2) is 75.4 Å². The minimum atomic E-state index is -1.49. The van der Waals surface area contributed by atoms with Crippen LogP contribution < -0.4 is 0 Å². The van der Waals surface area contributed by atoms with E-state index < -0.39 is 42.9 Å². The zero-order valence-electron chi connectivity index (χ0n) is 16.6. The summed E-state index contributed by atoms with van der Waals surface area (Å²) >= 11 is 0. The molecule has 4 N–H and O–H groups in total. The lowest BCUT2D eigenvalue weighted by Crippen LogP contribution is -2.61. The number of aliphatic hydroxyl groups excluding tert-OH is 4. The summed E-state index contributed by atoms with van der Waals surface area (Å²) < 4.78 is 17.5. The van der Waals surface area contributed by atoms with E-state index in [0.717, 1.165) is 18.4 Å². The van der Waals surface area contributed by atoms with Gasteiger partial charge in [-0.2, -0.15) is 0 Å². The van der Waals surface area contributed by atoms with E-state index in [1.807, 2.05) is 6.92 Å². The Kier molecular flexibility index (Phi) is 5.38. The molecule has 8 nitrogen and oxygen atoms in total. The summed E-state index contributed by atoms with van der Waals surface area (Å²) in [6.45, 7) is 9.55. The summed E-state index contributed by atoms with van der Waals surface area (Å²) in [5, 5.41) is 40.0. The van der Waals surface area contributed by atoms with Crippen molar-refractivity contribution in [2.45, 2.75) is 75.0 Å². The average molecular weight is 410 g/mol. The Morgan fingerprint density at radius 1 is 1.17 bits per heavy atom. The molecule has 2 saturated heterocycles. The Labute approximate surface area is 169 Å². The van der Waals surface area contributed by atoms with E-state index in [1.54, 1.807) is 0 Å². The molecule has 0 aromatic heterocycles. The number of hydrogen-bond acceptors (Lipinski definition) is 8. The maximum atomic E-state index is 12.1. The van der Waals surface area contributed by atoms with E-state index >= 15 is 0 Å². The largest absolute Gasteiger partial charge is 0.458 e. The third kappa shape index (κ3) is 3.26. The Hall–Kier alpha value is -1.29. The summed E-state index contributed by atoms with van der Waals surface area (Å²) in [6.07, 6.45) is -4.13. The molecule has 2 saturated carbocycles. The Bertz CT molecular complexity index is 705. The number of esters is 1. The van der Waals surface area contributed by atoms with Gasteiger partial charge in [0.25, 0.3) is 0 Å². The molecule has 0 aromatic carbocycles. The Morgan fingerprint density at radius 3 is 2.59 bits per heavy atom. The molecule has 29 heavy (non-hydrogen) atoms. The highest BCUT2D eigenvalue weighted by Gasteiger charge is 2.58. The summed E-state index contributed by atoms with van der Waals surface area (Å²) in [6, 6.07) is 0. The van der Waals surface area contributed by atoms with Crippen molar-refractivity contribution < 1.29 is 39.4 Å². The second-order valence-corrected chi connectivity index (χ2v) is 9.00. The minimum absolute atomic E-state index is 0.0175. The van der Waals surface area contributed by atoms with Gasteiger partial charge in [0.1, 0.15) is 30.5 Å². The number of carbonyl (C=O) groups excluding carboxylic acids is 1. The van der Waals surface area contributed by atoms with Crippen molar-refractivity contribution in [3.8, 4) is 0 Å².